The summed E-state index contributed by atoms with van der Waals surface area (Å²) in [5.74, 6) is 2.24. The molecule has 18 heavy (non-hydrogen) atoms. The van der Waals surface area contributed by atoms with Crippen LogP contribution in [-0.2, 0) is 0 Å². The maximum atomic E-state index is 6.06. The number of para-hydroxylation sites is 2. The average Bonchev–Trinajstić information content (AvgIpc) is 2.38. The van der Waals surface area contributed by atoms with Crippen molar-refractivity contribution in [3.05, 3.63) is 24.3 Å². The lowest BCUT2D eigenvalue weighted by atomic mass is 9.98. The maximum Gasteiger partial charge on any atom is 0.161 e. The van der Waals surface area contributed by atoms with Crippen molar-refractivity contribution in [1.29, 1.82) is 0 Å². The van der Waals surface area contributed by atoms with Gasteiger partial charge in [0.05, 0.1) is 0 Å². The summed E-state index contributed by atoms with van der Waals surface area (Å²) < 4.78 is 11.8. The van der Waals surface area contributed by atoms with Gasteiger partial charge in [0.1, 0.15) is 12.7 Å². The van der Waals surface area contributed by atoms with Crippen LogP contribution in [0.25, 0.3) is 0 Å². The highest BCUT2D eigenvalue weighted by molar-refractivity contribution is 5.40. The second-order valence-electron chi connectivity index (χ2n) is 5.14. The van der Waals surface area contributed by atoms with Crippen LogP contribution in [0.5, 0.6) is 11.5 Å². The molecular formula is C15H23NO2. The van der Waals surface area contributed by atoms with E-state index in [1.54, 1.807) is 0 Å². The molecular weight excluding hydrogens is 226 g/mol. The zero-order chi connectivity index (χ0) is 13.0. The minimum atomic E-state index is 0.0893. The first-order valence-corrected chi connectivity index (χ1v) is 6.84. The van der Waals surface area contributed by atoms with Crippen LogP contribution in [0.1, 0.15) is 27.2 Å². The third kappa shape index (κ3) is 2.96. The normalized spacial score (nSPS) is 19.9. The lowest BCUT2D eigenvalue weighted by Gasteiger charge is -2.34. The van der Waals surface area contributed by atoms with E-state index in [1.807, 2.05) is 24.3 Å². The summed E-state index contributed by atoms with van der Waals surface area (Å²) in [4.78, 5) is 0. The third-order valence-corrected chi connectivity index (χ3v) is 3.28. The highest BCUT2D eigenvalue weighted by atomic mass is 16.6. The summed E-state index contributed by atoms with van der Waals surface area (Å²) in [6.45, 7) is 8.26. The highest BCUT2D eigenvalue weighted by Gasteiger charge is 2.30. The van der Waals surface area contributed by atoms with E-state index in [4.69, 9.17) is 9.47 Å². The van der Waals surface area contributed by atoms with Crippen LogP contribution in [0.4, 0.5) is 0 Å². The Bertz CT molecular complexity index is 379. The standard InChI is InChI=1S/C15H23NO2/c1-4-9-16-15(11(2)3)14-10-17-12-7-5-6-8-13(12)18-14/h5-8,11,14-16H,4,9-10H2,1-3H3. The second-order valence-corrected chi connectivity index (χ2v) is 5.14. The molecule has 1 aromatic rings. The number of nitrogens with one attached hydrogen (secondary N) is 1. The lowest BCUT2D eigenvalue weighted by molar-refractivity contribution is 0.0486. The summed E-state index contributed by atoms with van der Waals surface area (Å²) in [7, 11) is 0. The van der Waals surface area contributed by atoms with E-state index in [0.29, 0.717) is 18.6 Å². The lowest BCUT2D eigenvalue weighted by Crippen LogP contribution is -2.50. The molecule has 100 valence electrons. The molecule has 1 heterocycles. The Labute approximate surface area is 109 Å². The molecule has 2 rings (SSSR count). The van der Waals surface area contributed by atoms with Gasteiger partial charge in [0.25, 0.3) is 0 Å². The summed E-state index contributed by atoms with van der Waals surface area (Å²) in [5, 5.41) is 3.56. The number of benzene rings is 1. The molecule has 0 radical (unpaired) electrons. The quantitative estimate of drug-likeness (QED) is 0.870. The van der Waals surface area contributed by atoms with Crippen molar-refractivity contribution in [2.24, 2.45) is 5.92 Å². The number of fused-ring (bicyclic) bond motifs is 1. The Balaban J connectivity index is 2.05. The molecule has 1 aromatic carbocycles. The van der Waals surface area contributed by atoms with Gasteiger partial charge in [-0.3, -0.25) is 0 Å². The van der Waals surface area contributed by atoms with E-state index >= 15 is 0 Å². The van der Waals surface area contributed by atoms with Crippen molar-refractivity contribution in [2.45, 2.75) is 39.3 Å². The van der Waals surface area contributed by atoms with Gasteiger partial charge in [-0.2, -0.15) is 0 Å². The molecule has 3 nitrogen and oxygen atoms in total. The van der Waals surface area contributed by atoms with E-state index in [0.717, 1.165) is 24.5 Å². The highest BCUT2D eigenvalue weighted by Crippen LogP contribution is 2.32. The molecule has 1 aliphatic heterocycles. The molecule has 0 aromatic heterocycles. The van der Waals surface area contributed by atoms with Crippen LogP contribution >= 0.6 is 0 Å². The molecule has 0 amide bonds. The van der Waals surface area contributed by atoms with Gasteiger partial charge in [0, 0.05) is 6.04 Å². The largest absolute Gasteiger partial charge is 0.486 e. The molecule has 1 aliphatic rings. The number of hydrogen-bond donors (Lipinski definition) is 1. The summed E-state index contributed by atoms with van der Waals surface area (Å²) in [6.07, 6.45) is 1.22. The van der Waals surface area contributed by atoms with Crippen LogP contribution in [-0.4, -0.2) is 25.3 Å². The molecule has 0 aliphatic carbocycles. The van der Waals surface area contributed by atoms with Gasteiger partial charge >= 0.3 is 0 Å². The maximum absolute atomic E-state index is 6.06. The molecule has 2 unspecified atom stereocenters. The minimum Gasteiger partial charge on any atom is -0.486 e. The first-order valence-electron chi connectivity index (χ1n) is 6.84. The molecule has 1 N–H and O–H groups in total. The van der Waals surface area contributed by atoms with E-state index in [2.05, 4.69) is 26.1 Å². The molecule has 2 atom stereocenters. The van der Waals surface area contributed by atoms with Crippen molar-refractivity contribution in [3.63, 3.8) is 0 Å². The molecule has 3 heteroatoms. The van der Waals surface area contributed by atoms with Crippen LogP contribution in [0.3, 0.4) is 0 Å². The zero-order valence-electron chi connectivity index (χ0n) is 11.5. The van der Waals surface area contributed by atoms with E-state index in [1.165, 1.54) is 0 Å². The Kier molecular flexibility index (Phi) is 4.48. The van der Waals surface area contributed by atoms with E-state index in [9.17, 15) is 0 Å². The van der Waals surface area contributed by atoms with Crippen molar-refractivity contribution in [3.8, 4) is 11.5 Å². The molecule has 0 fully saturated rings. The Hall–Kier alpha value is -1.22. The molecule has 0 bridgehead atoms. The van der Waals surface area contributed by atoms with Gasteiger partial charge in [-0.15, -0.1) is 0 Å². The number of rotatable bonds is 5. The third-order valence-electron chi connectivity index (χ3n) is 3.28. The fourth-order valence-electron chi connectivity index (χ4n) is 2.32. The monoisotopic (exact) mass is 249 g/mol. The van der Waals surface area contributed by atoms with Crippen LogP contribution in [0.15, 0.2) is 24.3 Å². The average molecular weight is 249 g/mol. The fourth-order valence-corrected chi connectivity index (χ4v) is 2.32. The Morgan fingerprint density at radius 1 is 1.28 bits per heavy atom. The molecule has 0 saturated heterocycles. The van der Waals surface area contributed by atoms with Gasteiger partial charge in [0.15, 0.2) is 11.5 Å². The van der Waals surface area contributed by atoms with Gasteiger partial charge in [-0.25, -0.2) is 0 Å². The van der Waals surface area contributed by atoms with E-state index in [-0.39, 0.29) is 6.10 Å². The number of hydrogen-bond acceptors (Lipinski definition) is 3. The minimum absolute atomic E-state index is 0.0893. The van der Waals surface area contributed by atoms with Gasteiger partial charge in [0.2, 0.25) is 0 Å². The first-order chi connectivity index (χ1) is 8.72. The number of ether oxygens (including phenoxy) is 2. The SMILES string of the molecule is CCCNC(C(C)C)C1COc2ccccc2O1. The van der Waals surface area contributed by atoms with Gasteiger partial charge in [-0.05, 0) is 31.0 Å². The predicted molar refractivity (Wildman–Crippen MR) is 73.3 cm³/mol. The summed E-state index contributed by atoms with van der Waals surface area (Å²) in [6, 6.07) is 8.21. The molecule has 0 spiro atoms. The summed E-state index contributed by atoms with van der Waals surface area (Å²) >= 11 is 0. The van der Waals surface area contributed by atoms with Crippen LogP contribution in [0, 0.1) is 5.92 Å². The Morgan fingerprint density at radius 3 is 2.67 bits per heavy atom. The van der Waals surface area contributed by atoms with Crippen molar-refractivity contribution < 1.29 is 9.47 Å². The second kappa shape index (κ2) is 6.10. The molecule has 0 saturated carbocycles. The fraction of sp³-hybridized carbons (Fsp3) is 0.600. The first kappa shape index (κ1) is 13.2. The van der Waals surface area contributed by atoms with Gasteiger partial charge in [-0.1, -0.05) is 32.9 Å². The van der Waals surface area contributed by atoms with Crippen LogP contribution < -0.4 is 14.8 Å². The van der Waals surface area contributed by atoms with E-state index < -0.39 is 0 Å². The van der Waals surface area contributed by atoms with Crippen molar-refractivity contribution in [1.82, 2.24) is 5.32 Å². The Morgan fingerprint density at radius 2 is 2.00 bits per heavy atom. The van der Waals surface area contributed by atoms with Gasteiger partial charge < -0.3 is 14.8 Å². The van der Waals surface area contributed by atoms with Crippen molar-refractivity contribution in [2.75, 3.05) is 13.2 Å². The van der Waals surface area contributed by atoms with Crippen LogP contribution in [0.2, 0.25) is 0 Å². The zero-order valence-corrected chi connectivity index (χ0v) is 11.5. The van der Waals surface area contributed by atoms with Crippen molar-refractivity contribution >= 4 is 0 Å². The smallest absolute Gasteiger partial charge is 0.161 e. The predicted octanol–water partition coefficient (Wildman–Crippen LogP) is 2.85. The topological polar surface area (TPSA) is 30.5 Å². The summed E-state index contributed by atoms with van der Waals surface area (Å²) in [5.41, 5.74) is 0.